The largest absolute Gasteiger partial charge is 0.364 e. The molecular formula is C18H18N2O2. The first kappa shape index (κ1) is 15.7. The molecule has 0 heterocycles. The molecule has 0 fully saturated rings. The molecule has 0 aliphatic rings. The summed E-state index contributed by atoms with van der Waals surface area (Å²) in [7, 11) is 1.52. The summed E-state index contributed by atoms with van der Waals surface area (Å²) in [6, 6.07) is 18.7. The van der Waals surface area contributed by atoms with Crippen LogP contribution in [-0.4, -0.2) is 13.0 Å². The summed E-state index contributed by atoms with van der Waals surface area (Å²) in [4.78, 5) is 12.6. The Morgan fingerprint density at radius 3 is 2.36 bits per heavy atom. The molecule has 0 saturated carbocycles. The number of nitriles is 1. The number of nitrogens with one attached hydrogen (secondary N) is 1. The van der Waals surface area contributed by atoms with Crippen LogP contribution in [-0.2, 0) is 21.6 Å². The van der Waals surface area contributed by atoms with Crippen LogP contribution >= 0.6 is 0 Å². The first-order chi connectivity index (χ1) is 10.6. The number of methoxy groups -OCH3 is 1. The fourth-order valence-corrected chi connectivity index (χ4v) is 2.15. The van der Waals surface area contributed by atoms with E-state index in [4.69, 9.17) is 10.00 Å². The van der Waals surface area contributed by atoms with Gasteiger partial charge in [0.05, 0.1) is 12.5 Å². The first-order valence-electron chi connectivity index (χ1n) is 6.98. The third-order valence-electron chi connectivity index (χ3n) is 3.66. The van der Waals surface area contributed by atoms with Gasteiger partial charge in [0, 0.05) is 12.8 Å². The third kappa shape index (κ3) is 3.33. The van der Waals surface area contributed by atoms with E-state index in [1.165, 1.54) is 7.11 Å². The number of carbonyl (C=O) groups is 1. The Hall–Kier alpha value is -2.64. The van der Waals surface area contributed by atoms with Crippen LogP contribution in [0, 0.1) is 11.3 Å². The van der Waals surface area contributed by atoms with Crippen LogP contribution in [0.3, 0.4) is 0 Å². The molecule has 0 bridgehead atoms. The van der Waals surface area contributed by atoms with Crippen LogP contribution in [0.15, 0.2) is 54.6 Å². The van der Waals surface area contributed by atoms with E-state index in [-0.39, 0.29) is 5.91 Å². The quantitative estimate of drug-likeness (QED) is 0.920. The van der Waals surface area contributed by atoms with Crippen LogP contribution in [0.2, 0.25) is 0 Å². The molecule has 0 aliphatic carbocycles. The first-order valence-corrected chi connectivity index (χ1v) is 6.98. The molecule has 0 unspecified atom stereocenters. The van der Waals surface area contributed by atoms with Crippen molar-refractivity contribution in [2.75, 3.05) is 12.4 Å². The van der Waals surface area contributed by atoms with Gasteiger partial charge in [-0.05, 0) is 30.2 Å². The maximum absolute atomic E-state index is 12.6. The zero-order valence-electron chi connectivity index (χ0n) is 12.7. The minimum absolute atomic E-state index is 0.241. The number of rotatable bonds is 5. The second kappa shape index (κ2) is 6.88. The van der Waals surface area contributed by atoms with Gasteiger partial charge in [0.15, 0.2) is 5.60 Å². The van der Waals surface area contributed by atoms with E-state index in [1.807, 2.05) is 42.5 Å². The molecule has 1 amide bonds. The Morgan fingerprint density at radius 1 is 1.18 bits per heavy atom. The molecule has 1 atom stereocenters. The van der Waals surface area contributed by atoms with Gasteiger partial charge >= 0.3 is 0 Å². The van der Waals surface area contributed by atoms with Crippen molar-refractivity contribution >= 4 is 11.6 Å². The highest BCUT2D eigenvalue weighted by Gasteiger charge is 2.35. The summed E-state index contributed by atoms with van der Waals surface area (Å²) >= 11 is 0. The van der Waals surface area contributed by atoms with Crippen molar-refractivity contribution in [1.82, 2.24) is 0 Å². The molecule has 2 aromatic rings. The number of benzene rings is 2. The van der Waals surface area contributed by atoms with Gasteiger partial charge in [-0.15, -0.1) is 0 Å². The van der Waals surface area contributed by atoms with Gasteiger partial charge in [-0.3, -0.25) is 4.79 Å². The summed E-state index contributed by atoms with van der Waals surface area (Å²) in [5.41, 5.74) is 1.31. The maximum atomic E-state index is 12.6. The fraction of sp³-hybridized carbons (Fsp3) is 0.222. The highest BCUT2D eigenvalue weighted by molar-refractivity contribution is 5.97. The third-order valence-corrected chi connectivity index (χ3v) is 3.66. The molecule has 0 saturated heterocycles. The van der Waals surface area contributed by atoms with Crippen LogP contribution < -0.4 is 5.32 Å². The zero-order valence-corrected chi connectivity index (χ0v) is 12.7. The summed E-state index contributed by atoms with van der Waals surface area (Å²) in [6.45, 7) is 1.74. The molecule has 22 heavy (non-hydrogen) atoms. The summed E-state index contributed by atoms with van der Waals surface area (Å²) < 4.78 is 5.47. The molecule has 2 aromatic carbocycles. The van der Waals surface area contributed by atoms with Gasteiger partial charge in [-0.1, -0.05) is 42.5 Å². The summed E-state index contributed by atoms with van der Waals surface area (Å²) in [5, 5.41) is 11.5. The van der Waals surface area contributed by atoms with E-state index in [1.54, 1.807) is 19.1 Å². The Balaban J connectivity index is 2.18. The standard InChI is InChI=1S/C18H18N2O2/c1-18(22-2,15-6-4-3-5-7-15)17(21)20-16-10-8-14(9-11-16)12-13-19/h3-11H,12H2,1-2H3,(H,20,21)/t18-/m1/s1. The Morgan fingerprint density at radius 2 is 1.82 bits per heavy atom. The molecule has 4 heteroatoms. The van der Waals surface area contributed by atoms with E-state index in [0.717, 1.165) is 11.1 Å². The average Bonchev–Trinajstić information content (AvgIpc) is 2.57. The van der Waals surface area contributed by atoms with Gasteiger partial charge in [0.2, 0.25) is 0 Å². The molecule has 0 radical (unpaired) electrons. The van der Waals surface area contributed by atoms with E-state index < -0.39 is 5.60 Å². The van der Waals surface area contributed by atoms with Crippen LogP contribution in [0.4, 0.5) is 5.69 Å². The number of nitrogens with zero attached hydrogens (tertiary/aromatic N) is 1. The molecule has 0 aliphatic heterocycles. The number of amides is 1. The summed E-state index contributed by atoms with van der Waals surface area (Å²) in [5.74, 6) is -0.241. The van der Waals surface area contributed by atoms with Crippen LogP contribution in [0.5, 0.6) is 0 Å². The van der Waals surface area contributed by atoms with Crippen molar-refractivity contribution in [3.8, 4) is 6.07 Å². The Labute approximate surface area is 130 Å². The summed E-state index contributed by atoms with van der Waals surface area (Å²) in [6.07, 6.45) is 0.355. The molecule has 0 aromatic heterocycles. The number of ether oxygens (including phenoxy) is 1. The molecule has 2 rings (SSSR count). The second-order valence-corrected chi connectivity index (χ2v) is 5.09. The lowest BCUT2D eigenvalue weighted by Gasteiger charge is -2.27. The van der Waals surface area contributed by atoms with Crippen molar-refractivity contribution < 1.29 is 9.53 Å². The van der Waals surface area contributed by atoms with Crippen molar-refractivity contribution in [2.45, 2.75) is 18.9 Å². The minimum atomic E-state index is -1.06. The lowest BCUT2D eigenvalue weighted by Crippen LogP contribution is -2.39. The molecule has 1 N–H and O–H groups in total. The van der Waals surface area contributed by atoms with E-state index in [2.05, 4.69) is 11.4 Å². The molecule has 4 nitrogen and oxygen atoms in total. The van der Waals surface area contributed by atoms with E-state index in [9.17, 15) is 4.79 Å². The smallest absolute Gasteiger partial charge is 0.260 e. The number of carbonyl (C=O) groups excluding carboxylic acids is 1. The van der Waals surface area contributed by atoms with Crippen molar-refractivity contribution in [3.63, 3.8) is 0 Å². The lowest BCUT2D eigenvalue weighted by atomic mass is 9.94. The molecule has 112 valence electrons. The topological polar surface area (TPSA) is 62.1 Å². The minimum Gasteiger partial charge on any atom is -0.364 e. The lowest BCUT2D eigenvalue weighted by molar-refractivity contribution is -0.136. The van der Waals surface area contributed by atoms with E-state index in [0.29, 0.717) is 12.1 Å². The molecule has 0 spiro atoms. The second-order valence-electron chi connectivity index (χ2n) is 5.09. The van der Waals surface area contributed by atoms with Crippen LogP contribution in [0.25, 0.3) is 0 Å². The monoisotopic (exact) mass is 294 g/mol. The number of anilines is 1. The number of hydrogen-bond donors (Lipinski definition) is 1. The van der Waals surface area contributed by atoms with Gasteiger partial charge in [-0.2, -0.15) is 5.26 Å². The van der Waals surface area contributed by atoms with Crippen molar-refractivity contribution in [2.24, 2.45) is 0 Å². The van der Waals surface area contributed by atoms with Crippen LogP contribution in [0.1, 0.15) is 18.1 Å². The molecular weight excluding hydrogens is 276 g/mol. The van der Waals surface area contributed by atoms with Crippen molar-refractivity contribution in [3.05, 3.63) is 65.7 Å². The highest BCUT2D eigenvalue weighted by atomic mass is 16.5. The van der Waals surface area contributed by atoms with Gasteiger partial charge in [-0.25, -0.2) is 0 Å². The Kier molecular flexibility index (Phi) is 4.92. The predicted molar refractivity (Wildman–Crippen MR) is 85.2 cm³/mol. The average molecular weight is 294 g/mol. The Bertz CT molecular complexity index is 674. The number of hydrogen-bond acceptors (Lipinski definition) is 3. The highest BCUT2D eigenvalue weighted by Crippen LogP contribution is 2.26. The SMILES string of the molecule is CO[C@@](C)(C(=O)Nc1ccc(CC#N)cc1)c1ccccc1. The van der Waals surface area contributed by atoms with Gasteiger partial charge < -0.3 is 10.1 Å². The predicted octanol–water partition coefficient (Wildman–Crippen LogP) is 3.25. The fourth-order valence-electron chi connectivity index (χ4n) is 2.15. The van der Waals surface area contributed by atoms with Gasteiger partial charge in [0.25, 0.3) is 5.91 Å². The zero-order chi connectivity index (χ0) is 16.0. The van der Waals surface area contributed by atoms with E-state index >= 15 is 0 Å². The van der Waals surface area contributed by atoms with Gasteiger partial charge in [0.1, 0.15) is 0 Å². The normalized spacial score (nSPS) is 13.0. The maximum Gasteiger partial charge on any atom is 0.260 e. The van der Waals surface area contributed by atoms with Crippen molar-refractivity contribution in [1.29, 1.82) is 5.26 Å².